The maximum Gasteiger partial charge on any atom is 0.247 e. The number of nitrogens with zero attached hydrogens (tertiary/aromatic N) is 3. The quantitative estimate of drug-likeness (QED) is 0.773. The summed E-state index contributed by atoms with van der Waals surface area (Å²) < 4.78 is 26.0. The molecule has 0 saturated heterocycles. The van der Waals surface area contributed by atoms with Crippen LogP contribution in [0.1, 0.15) is 6.92 Å². The standard InChI is InChI=1S/C7H10N4O2S/c1-2-11-5-3-7(9-11)10-14(12,13)6-4-8/h3,5H,2,6H2,1H3,(H,9,10). The van der Waals surface area contributed by atoms with Crippen molar-refractivity contribution < 1.29 is 8.42 Å². The van der Waals surface area contributed by atoms with Crippen molar-refractivity contribution in [2.75, 3.05) is 10.5 Å². The second kappa shape index (κ2) is 4.11. The van der Waals surface area contributed by atoms with E-state index in [1.54, 1.807) is 23.0 Å². The minimum Gasteiger partial charge on any atom is -0.271 e. The van der Waals surface area contributed by atoms with Gasteiger partial charge in [-0.05, 0) is 6.92 Å². The first-order chi connectivity index (χ1) is 6.57. The molecule has 0 aliphatic rings. The van der Waals surface area contributed by atoms with Gasteiger partial charge in [-0.25, -0.2) is 8.42 Å². The van der Waals surface area contributed by atoms with Crippen molar-refractivity contribution in [1.82, 2.24) is 9.78 Å². The van der Waals surface area contributed by atoms with Crippen LogP contribution in [0.15, 0.2) is 12.3 Å². The molecular weight excluding hydrogens is 204 g/mol. The van der Waals surface area contributed by atoms with Crippen LogP contribution in [0.5, 0.6) is 0 Å². The highest BCUT2D eigenvalue weighted by atomic mass is 32.2. The molecule has 1 aromatic rings. The van der Waals surface area contributed by atoms with Crippen LogP contribution >= 0.6 is 0 Å². The van der Waals surface area contributed by atoms with E-state index in [0.29, 0.717) is 6.54 Å². The maximum atomic E-state index is 11.1. The highest BCUT2D eigenvalue weighted by Gasteiger charge is 2.10. The van der Waals surface area contributed by atoms with Crippen molar-refractivity contribution in [2.45, 2.75) is 13.5 Å². The Morgan fingerprint density at radius 1 is 1.71 bits per heavy atom. The highest BCUT2D eigenvalue weighted by Crippen LogP contribution is 2.04. The number of rotatable bonds is 4. The van der Waals surface area contributed by atoms with Gasteiger partial charge in [-0.15, -0.1) is 0 Å². The Morgan fingerprint density at radius 3 is 2.93 bits per heavy atom. The zero-order chi connectivity index (χ0) is 10.6. The van der Waals surface area contributed by atoms with Crippen molar-refractivity contribution in [3.05, 3.63) is 12.3 Å². The normalized spacial score (nSPS) is 10.9. The lowest BCUT2D eigenvalue weighted by Gasteiger charge is -1.99. The Morgan fingerprint density at radius 2 is 2.43 bits per heavy atom. The van der Waals surface area contributed by atoms with Crippen molar-refractivity contribution in [1.29, 1.82) is 5.26 Å². The lowest BCUT2D eigenvalue weighted by atomic mass is 10.7. The second-order valence-corrected chi connectivity index (χ2v) is 4.30. The van der Waals surface area contributed by atoms with Gasteiger partial charge in [0.1, 0.15) is 0 Å². The third-order valence-corrected chi connectivity index (χ3v) is 2.51. The molecule has 14 heavy (non-hydrogen) atoms. The molecule has 6 nitrogen and oxygen atoms in total. The lowest BCUT2D eigenvalue weighted by molar-refractivity contribution is 0.603. The molecule has 0 aromatic carbocycles. The van der Waals surface area contributed by atoms with Gasteiger partial charge in [-0.2, -0.15) is 10.4 Å². The van der Waals surface area contributed by atoms with Gasteiger partial charge >= 0.3 is 0 Å². The molecule has 0 amide bonds. The zero-order valence-electron chi connectivity index (χ0n) is 7.64. The molecule has 0 bridgehead atoms. The molecule has 76 valence electrons. The van der Waals surface area contributed by atoms with Gasteiger partial charge in [-0.3, -0.25) is 9.40 Å². The number of aromatic nitrogens is 2. The van der Waals surface area contributed by atoms with Gasteiger partial charge in [-0.1, -0.05) is 0 Å². The Bertz CT molecular complexity index is 443. The van der Waals surface area contributed by atoms with E-state index in [-0.39, 0.29) is 5.82 Å². The Kier molecular flexibility index (Phi) is 3.09. The molecule has 1 aromatic heterocycles. The van der Waals surface area contributed by atoms with Gasteiger partial charge in [0.15, 0.2) is 11.6 Å². The molecule has 0 fully saturated rings. The lowest BCUT2D eigenvalue weighted by Crippen LogP contribution is -2.16. The Balaban J connectivity index is 2.75. The first-order valence-corrected chi connectivity index (χ1v) is 5.63. The molecule has 0 unspecified atom stereocenters. The molecule has 0 atom stereocenters. The minimum atomic E-state index is -3.57. The topological polar surface area (TPSA) is 87.8 Å². The highest BCUT2D eigenvalue weighted by molar-refractivity contribution is 7.92. The Labute approximate surface area is 82.2 Å². The van der Waals surface area contributed by atoms with Crippen LogP contribution in [-0.2, 0) is 16.6 Å². The summed E-state index contributed by atoms with van der Waals surface area (Å²) in [6, 6.07) is 3.10. The Hall–Kier alpha value is -1.55. The van der Waals surface area contributed by atoms with Crippen molar-refractivity contribution in [2.24, 2.45) is 0 Å². The monoisotopic (exact) mass is 214 g/mol. The predicted octanol–water partition coefficient (Wildman–Crippen LogP) is 0.168. The van der Waals surface area contributed by atoms with Crippen LogP contribution in [0.4, 0.5) is 5.82 Å². The van der Waals surface area contributed by atoms with Gasteiger partial charge in [0.2, 0.25) is 10.0 Å². The van der Waals surface area contributed by atoms with Crippen LogP contribution in [0, 0.1) is 11.3 Å². The first-order valence-electron chi connectivity index (χ1n) is 3.98. The van der Waals surface area contributed by atoms with Gasteiger partial charge in [0.25, 0.3) is 0 Å². The van der Waals surface area contributed by atoms with Crippen LogP contribution < -0.4 is 4.72 Å². The summed E-state index contributed by atoms with van der Waals surface area (Å²) in [6.45, 7) is 2.56. The van der Waals surface area contributed by atoms with Crippen LogP contribution in [-0.4, -0.2) is 24.0 Å². The van der Waals surface area contributed by atoms with Crippen LogP contribution in [0.2, 0.25) is 0 Å². The molecule has 0 radical (unpaired) electrons. The number of nitriles is 1. The van der Waals surface area contributed by atoms with E-state index in [1.165, 1.54) is 0 Å². The first kappa shape index (κ1) is 10.5. The van der Waals surface area contributed by atoms with Crippen molar-refractivity contribution >= 4 is 15.8 Å². The molecule has 1 N–H and O–H groups in total. The molecule has 7 heteroatoms. The number of sulfonamides is 1. The fourth-order valence-corrected chi connectivity index (χ4v) is 1.54. The van der Waals surface area contributed by atoms with Crippen molar-refractivity contribution in [3.63, 3.8) is 0 Å². The number of nitrogens with one attached hydrogen (secondary N) is 1. The van der Waals surface area contributed by atoms with Crippen LogP contribution in [0.3, 0.4) is 0 Å². The molecule has 1 heterocycles. The fourth-order valence-electron chi connectivity index (χ4n) is 0.873. The van der Waals surface area contributed by atoms with E-state index < -0.39 is 15.8 Å². The maximum absolute atomic E-state index is 11.1. The number of hydrogen-bond acceptors (Lipinski definition) is 4. The molecule has 1 rings (SSSR count). The molecule has 0 aliphatic carbocycles. The van der Waals surface area contributed by atoms with E-state index in [9.17, 15) is 8.42 Å². The molecule has 0 spiro atoms. The summed E-state index contributed by atoms with van der Waals surface area (Å²) in [7, 11) is -3.57. The van der Waals surface area contributed by atoms with E-state index >= 15 is 0 Å². The van der Waals surface area contributed by atoms with E-state index in [0.717, 1.165) is 0 Å². The molecular formula is C7H10N4O2S. The van der Waals surface area contributed by atoms with Gasteiger partial charge in [0, 0.05) is 18.8 Å². The molecule has 0 aliphatic heterocycles. The average molecular weight is 214 g/mol. The third kappa shape index (κ3) is 2.74. The summed E-state index contributed by atoms with van der Waals surface area (Å²) in [5, 5.41) is 12.1. The smallest absolute Gasteiger partial charge is 0.247 e. The summed E-state index contributed by atoms with van der Waals surface area (Å²) in [6.07, 6.45) is 1.66. The number of anilines is 1. The predicted molar refractivity (Wildman–Crippen MR) is 50.9 cm³/mol. The van der Waals surface area contributed by atoms with Gasteiger partial charge < -0.3 is 0 Å². The van der Waals surface area contributed by atoms with E-state index in [1.807, 2.05) is 6.92 Å². The van der Waals surface area contributed by atoms with E-state index in [2.05, 4.69) is 9.82 Å². The minimum absolute atomic E-state index is 0.238. The summed E-state index contributed by atoms with van der Waals surface area (Å²) in [5.41, 5.74) is 0. The largest absolute Gasteiger partial charge is 0.271 e. The summed E-state index contributed by atoms with van der Waals surface area (Å²) >= 11 is 0. The fraction of sp³-hybridized carbons (Fsp3) is 0.429. The van der Waals surface area contributed by atoms with Crippen LogP contribution in [0.25, 0.3) is 0 Å². The second-order valence-electron chi connectivity index (χ2n) is 2.58. The van der Waals surface area contributed by atoms with E-state index in [4.69, 9.17) is 5.26 Å². The number of hydrogen-bond donors (Lipinski definition) is 1. The average Bonchev–Trinajstić information content (AvgIpc) is 2.51. The summed E-state index contributed by atoms with van der Waals surface area (Å²) in [4.78, 5) is 0. The third-order valence-electron chi connectivity index (χ3n) is 1.48. The van der Waals surface area contributed by atoms with Gasteiger partial charge in [0.05, 0.1) is 6.07 Å². The number of aryl methyl sites for hydroxylation is 1. The zero-order valence-corrected chi connectivity index (χ0v) is 8.45. The molecule has 0 saturated carbocycles. The summed E-state index contributed by atoms with van der Waals surface area (Å²) in [5.74, 6) is -0.325. The SMILES string of the molecule is CCn1ccc(NS(=O)(=O)CC#N)n1. The van der Waals surface area contributed by atoms with Crippen molar-refractivity contribution in [3.8, 4) is 6.07 Å².